The van der Waals surface area contributed by atoms with Crippen LogP contribution in [0.1, 0.15) is 48.0 Å². The Balaban J connectivity index is 4.31. The molecule has 0 rings (SSSR count). The largest absolute Gasteiger partial charge is 0.305 e. The van der Waals surface area contributed by atoms with E-state index in [0.717, 1.165) is 6.42 Å². The summed E-state index contributed by atoms with van der Waals surface area (Å²) in [6.07, 6.45) is 0.940. The molecule has 0 radical (unpaired) electrons. The normalized spacial score (nSPS) is 14.1. The fourth-order valence-electron chi connectivity index (χ4n) is 1.54. The lowest BCUT2D eigenvalue weighted by atomic mass is 9.94. The van der Waals surface area contributed by atoms with E-state index in [9.17, 15) is 4.79 Å². The van der Waals surface area contributed by atoms with Gasteiger partial charge < -0.3 is 5.32 Å². The minimum atomic E-state index is 0.0370. The van der Waals surface area contributed by atoms with E-state index < -0.39 is 0 Å². The van der Waals surface area contributed by atoms with Crippen LogP contribution >= 0.6 is 0 Å². The predicted octanol–water partition coefficient (Wildman–Crippen LogP) is 2.62. The number of nitrogens with one attached hydrogen (secondary N) is 1. The molecule has 0 aromatic carbocycles. The van der Waals surface area contributed by atoms with Gasteiger partial charge in [0.15, 0.2) is 5.78 Å². The first-order chi connectivity index (χ1) is 6.34. The maximum atomic E-state index is 11.9. The molecule has 0 aromatic rings. The molecule has 1 N–H and O–H groups in total. The molecule has 0 saturated carbocycles. The maximum absolute atomic E-state index is 11.9. The van der Waals surface area contributed by atoms with Crippen LogP contribution in [0.2, 0.25) is 0 Å². The highest BCUT2D eigenvalue weighted by Crippen LogP contribution is 2.10. The molecule has 0 heterocycles. The Hall–Kier alpha value is -0.370. The van der Waals surface area contributed by atoms with Gasteiger partial charge in [-0.15, -0.1) is 0 Å². The highest BCUT2D eigenvalue weighted by atomic mass is 16.1. The Labute approximate surface area is 88.5 Å². The zero-order chi connectivity index (χ0) is 11.3. The second-order valence-electron chi connectivity index (χ2n) is 5.06. The third-order valence-electron chi connectivity index (χ3n) is 2.15. The van der Waals surface area contributed by atoms with E-state index in [1.807, 2.05) is 13.8 Å². The lowest BCUT2D eigenvalue weighted by molar-refractivity contribution is -0.124. The van der Waals surface area contributed by atoms with Gasteiger partial charge in [-0.1, -0.05) is 41.5 Å². The van der Waals surface area contributed by atoms with E-state index in [0.29, 0.717) is 17.7 Å². The topological polar surface area (TPSA) is 29.1 Å². The van der Waals surface area contributed by atoms with Crippen molar-refractivity contribution in [3.63, 3.8) is 0 Å². The molecule has 2 heteroatoms. The quantitative estimate of drug-likeness (QED) is 0.712. The third kappa shape index (κ3) is 5.38. The summed E-state index contributed by atoms with van der Waals surface area (Å²) < 4.78 is 0. The second kappa shape index (κ2) is 6.18. The van der Waals surface area contributed by atoms with Crippen LogP contribution in [-0.4, -0.2) is 17.9 Å². The van der Waals surface area contributed by atoms with Crippen LogP contribution in [0.4, 0.5) is 0 Å². The molecule has 0 saturated heterocycles. The molecule has 0 bridgehead atoms. The van der Waals surface area contributed by atoms with Crippen molar-refractivity contribution in [2.75, 3.05) is 0 Å². The SMILES string of the molecule is CC(C)CC(NC(C)C)C(=O)C(C)C. The lowest BCUT2D eigenvalue weighted by Gasteiger charge is -2.23. The Morgan fingerprint density at radius 3 is 1.86 bits per heavy atom. The summed E-state index contributed by atoms with van der Waals surface area (Å²) in [5, 5.41) is 3.34. The monoisotopic (exact) mass is 199 g/mol. The van der Waals surface area contributed by atoms with Crippen LogP contribution in [0.5, 0.6) is 0 Å². The van der Waals surface area contributed by atoms with E-state index in [1.54, 1.807) is 0 Å². The van der Waals surface area contributed by atoms with Crippen LogP contribution in [0, 0.1) is 11.8 Å². The van der Waals surface area contributed by atoms with Gasteiger partial charge in [-0.3, -0.25) is 4.79 Å². The number of carbonyl (C=O) groups is 1. The van der Waals surface area contributed by atoms with E-state index >= 15 is 0 Å². The zero-order valence-corrected chi connectivity index (χ0v) is 10.4. The summed E-state index contributed by atoms with van der Waals surface area (Å²) in [6.45, 7) is 12.4. The highest BCUT2D eigenvalue weighted by Gasteiger charge is 2.22. The number of ketones is 1. The summed E-state index contributed by atoms with van der Waals surface area (Å²) >= 11 is 0. The molecule has 0 fully saturated rings. The van der Waals surface area contributed by atoms with Crippen molar-refractivity contribution in [3.8, 4) is 0 Å². The highest BCUT2D eigenvalue weighted by molar-refractivity contribution is 5.85. The molecule has 14 heavy (non-hydrogen) atoms. The Kier molecular flexibility index (Phi) is 6.01. The van der Waals surface area contributed by atoms with Crippen LogP contribution in [0.25, 0.3) is 0 Å². The van der Waals surface area contributed by atoms with Crippen LogP contribution in [0.3, 0.4) is 0 Å². The van der Waals surface area contributed by atoms with Gasteiger partial charge in [-0.2, -0.15) is 0 Å². The van der Waals surface area contributed by atoms with E-state index in [2.05, 4.69) is 33.0 Å². The Morgan fingerprint density at radius 1 is 1.07 bits per heavy atom. The van der Waals surface area contributed by atoms with Gasteiger partial charge in [-0.25, -0.2) is 0 Å². The smallest absolute Gasteiger partial charge is 0.152 e. The zero-order valence-electron chi connectivity index (χ0n) is 10.4. The summed E-state index contributed by atoms with van der Waals surface area (Å²) in [4.78, 5) is 11.9. The van der Waals surface area contributed by atoms with Crippen molar-refractivity contribution in [2.24, 2.45) is 11.8 Å². The number of hydrogen-bond donors (Lipinski definition) is 1. The van der Waals surface area contributed by atoms with E-state index in [1.165, 1.54) is 0 Å². The molecule has 0 aliphatic rings. The fraction of sp³-hybridized carbons (Fsp3) is 0.917. The van der Waals surface area contributed by atoms with Gasteiger partial charge in [0.1, 0.15) is 0 Å². The molecule has 0 aromatic heterocycles. The summed E-state index contributed by atoms with van der Waals surface area (Å²) in [7, 11) is 0. The number of rotatable bonds is 6. The van der Waals surface area contributed by atoms with Gasteiger partial charge in [0.2, 0.25) is 0 Å². The van der Waals surface area contributed by atoms with Crippen molar-refractivity contribution in [1.29, 1.82) is 0 Å². The molecule has 84 valence electrons. The molecule has 2 nitrogen and oxygen atoms in total. The molecule has 0 spiro atoms. The van der Waals surface area contributed by atoms with Crippen LogP contribution in [-0.2, 0) is 4.79 Å². The molecule has 0 aliphatic heterocycles. The molecular weight excluding hydrogens is 174 g/mol. The van der Waals surface area contributed by atoms with Crippen molar-refractivity contribution in [1.82, 2.24) is 5.32 Å². The molecule has 1 atom stereocenters. The molecule has 0 aliphatic carbocycles. The molecule has 1 unspecified atom stereocenters. The Morgan fingerprint density at radius 2 is 1.57 bits per heavy atom. The number of Topliss-reactive ketones (excluding diaryl/α,β-unsaturated/α-hetero) is 1. The van der Waals surface area contributed by atoms with Gasteiger partial charge in [0, 0.05) is 12.0 Å². The van der Waals surface area contributed by atoms with Crippen molar-refractivity contribution >= 4 is 5.78 Å². The molecule has 0 amide bonds. The van der Waals surface area contributed by atoms with Crippen molar-refractivity contribution in [3.05, 3.63) is 0 Å². The van der Waals surface area contributed by atoms with Crippen molar-refractivity contribution in [2.45, 2.75) is 60.0 Å². The summed E-state index contributed by atoms with van der Waals surface area (Å²) in [6, 6.07) is 0.413. The van der Waals surface area contributed by atoms with Gasteiger partial charge in [0.05, 0.1) is 6.04 Å². The van der Waals surface area contributed by atoms with Gasteiger partial charge in [-0.05, 0) is 12.3 Å². The van der Waals surface area contributed by atoms with E-state index in [-0.39, 0.29) is 12.0 Å². The first-order valence-electron chi connectivity index (χ1n) is 5.64. The minimum Gasteiger partial charge on any atom is -0.305 e. The minimum absolute atomic E-state index is 0.0370. The maximum Gasteiger partial charge on any atom is 0.152 e. The van der Waals surface area contributed by atoms with Crippen molar-refractivity contribution < 1.29 is 4.79 Å². The first kappa shape index (κ1) is 13.6. The van der Waals surface area contributed by atoms with Gasteiger partial charge >= 0.3 is 0 Å². The average Bonchev–Trinajstić information content (AvgIpc) is 1.99. The van der Waals surface area contributed by atoms with Gasteiger partial charge in [0.25, 0.3) is 0 Å². The number of carbonyl (C=O) groups excluding carboxylic acids is 1. The lowest BCUT2D eigenvalue weighted by Crippen LogP contribution is -2.43. The second-order valence-corrected chi connectivity index (χ2v) is 5.06. The summed E-state index contributed by atoms with van der Waals surface area (Å²) in [5.74, 6) is 1.03. The van der Waals surface area contributed by atoms with Crippen LogP contribution < -0.4 is 5.32 Å². The van der Waals surface area contributed by atoms with Crippen LogP contribution in [0.15, 0.2) is 0 Å². The average molecular weight is 199 g/mol. The standard InChI is InChI=1S/C12H25NO/c1-8(2)7-11(13-10(5)6)12(14)9(3)4/h8-11,13H,7H2,1-6H3. The first-order valence-corrected chi connectivity index (χ1v) is 5.64. The van der Waals surface area contributed by atoms with E-state index in [4.69, 9.17) is 0 Å². The Bertz CT molecular complexity index is 163. The summed E-state index contributed by atoms with van der Waals surface area (Å²) in [5.41, 5.74) is 0. The molecular formula is C12H25NO. The fourth-order valence-corrected chi connectivity index (χ4v) is 1.54. The number of hydrogen-bond acceptors (Lipinski definition) is 2. The third-order valence-corrected chi connectivity index (χ3v) is 2.15. The predicted molar refractivity (Wildman–Crippen MR) is 61.4 cm³/mol.